The van der Waals surface area contributed by atoms with E-state index in [4.69, 9.17) is 37.4 Å². The van der Waals surface area contributed by atoms with Gasteiger partial charge in [0.1, 0.15) is 22.0 Å². The zero-order valence-electron chi connectivity index (χ0n) is 29.5. The summed E-state index contributed by atoms with van der Waals surface area (Å²) < 4.78 is 60.1. The van der Waals surface area contributed by atoms with Gasteiger partial charge in [0.05, 0.1) is 24.8 Å². The first-order chi connectivity index (χ1) is 26.4. The summed E-state index contributed by atoms with van der Waals surface area (Å²) in [5.41, 5.74) is 0.815. The van der Waals surface area contributed by atoms with Gasteiger partial charge in [-0.2, -0.15) is 8.78 Å². The van der Waals surface area contributed by atoms with Gasteiger partial charge < -0.3 is 24.1 Å². The monoisotopic (exact) mass is 799 g/mol. The van der Waals surface area contributed by atoms with Crippen molar-refractivity contribution < 1.29 is 52.0 Å². The summed E-state index contributed by atoms with van der Waals surface area (Å²) >= 11 is 13.2. The molecule has 2 atom stereocenters. The number of nitrogens with zero attached hydrogens (tertiary/aromatic N) is 3. The highest BCUT2D eigenvalue weighted by atomic mass is 35.5. The van der Waals surface area contributed by atoms with E-state index >= 15 is 4.39 Å². The first-order valence-corrected chi connectivity index (χ1v) is 18.8. The van der Waals surface area contributed by atoms with E-state index in [9.17, 15) is 28.7 Å². The van der Waals surface area contributed by atoms with Gasteiger partial charge in [0.2, 0.25) is 12.4 Å². The second kappa shape index (κ2) is 16.6. The number of para-hydroxylation sites is 1. The Morgan fingerprint density at radius 3 is 2.35 bits per heavy atom. The van der Waals surface area contributed by atoms with Crippen molar-refractivity contribution in [2.24, 2.45) is 11.8 Å². The van der Waals surface area contributed by atoms with Gasteiger partial charge in [0.15, 0.2) is 11.5 Å². The number of carboxylic acids is 1. The zero-order chi connectivity index (χ0) is 38.8. The molecule has 1 aromatic heterocycles. The van der Waals surface area contributed by atoms with Crippen LogP contribution in [0, 0.1) is 17.7 Å². The third-order valence-electron chi connectivity index (χ3n) is 10.5. The highest BCUT2D eigenvalue weighted by Gasteiger charge is 2.38. The Morgan fingerprint density at radius 1 is 0.982 bits per heavy atom. The molecule has 0 unspecified atom stereocenters. The number of aromatic carboxylic acids is 1. The molecule has 4 aromatic rings. The summed E-state index contributed by atoms with van der Waals surface area (Å²) in [6.07, 6.45) is 4.69. The molecule has 1 saturated carbocycles. The molecule has 1 N–H and O–H groups in total. The van der Waals surface area contributed by atoms with Crippen LogP contribution in [0.5, 0.6) is 11.5 Å². The highest BCUT2D eigenvalue weighted by molar-refractivity contribution is 6.35. The molecule has 1 aliphatic carbocycles. The Labute approximate surface area is 325 Å². The average Bonchev–Trinajstić information content (AvgIpc) is 3.99. The van der Waals surface area contributed by atoms with Gasteiger partial charge in [-0.05, 0) is 98.0 Å². The number of piperidine rings is 3. The largest absolute Gasteiger partial charge is 0.545 e. The van der Waals surface area contributed by atoms with Crippen LogP contribution < -0.4 is 24.2 Å². The van der Waals surface area contributed by atoms with Gasteiger partial charge in [-0.1, -0.05) is 59.6 Å². The number of hydrogen-bond donors (Lipinski definition) is 1. The summed E-state index contributed by atoms with van der Waals surface area (Å²) in [5.74, 6) is -3.02. The second-order valence-electron chi connectivity index (χ2n) is 14.2. The summed E-state index contributed by atoms with van der Waals surface area (Å²) in [7, 11) is 0. The van der Waals surface area contributed by atoms with E-state index in [1.807, 2.05) is 0 Å². The number of ether oxygens (including phenoxy) is 3. The number of benzene rings is 3. The third-order valence-corrected chi connectivity index (χ3v) is 11.2. The van der Waals surface area contributed by atoms with Crippen LogP contribution in [0.4, 0.5) is 23.7 Å². The Morgan fingerprint density at radius 2 is 1.71 bits per heavy atom. The van der Waals surface area contributed by atoms with Crippen LogP contribution >= 0.6 is 23.2 Å². The van der Waals surface area contributed by atoms with Crippen LogP contribution in [0.15, 0.2) is 73.1 Å². The summed E-state index contributed by atoms with van der Waals surface area (Å²) in [5, 5.41) is 23.2. The highest BCUT2D eigenvalue weighted by Crippen LogP contribution is 2.42. The van der Waals surface area contributed by atoms with Crippen molar-refractivity contribution in [3.63, 3.8) is 0 Å². The molecule has 0 radical (unpaired) electrons. The summed E-state index contributed by atoms with van der Waals surface area (Å²) in [6, 6.07) is 14.5. The van der Waals surface area contributed by atoms with Crippen LogP contribution in [0.25, 0.3) is 0 Å². The molecule has 15 heteroatoms. The lowest BCUT2D eigenvalue weighted by Crippen LogP contribution is -2.53. The quantitative estimate of drug-likeness (QED) is 0.107. The van der Waals surface area contributed by atoms with Crippen molar-refractivity contribution in [2.45, 2.75) is 57.3 Å². The van der Waals surface area contributed by atoms with E-state index in [-0.39, 0.29) is 75.3 Å². The predicted octanol–water partition coefficient (Wildman–Crippen LogP) is 7.02. The maximum Gasteiger partial charge on any atom is 0.415 e. The van der Waals surface area contributed by atoms with Gasteiger partial charge >= 0.3 is 12.7 Å². The smallest absolute Gasteiger partial charge is 0.415 e. The van der Waals surface area contributed by atoms with Gasteiger partial charge in [-0.3, -0.25) is 15.0 Å². The fraction of sp³-hybridized carbons (Fsp3) is 0.375. The van der Waals surface area contributed by atoms with Crippen molar-refractivity contribution in [3.05, 3.63) is 117 Å². The number of fused-ring (bicyclic) bond motifs is 3. The molecule has 8 rings (SSSR count). The number of hydrogen-bond acceptors (Lipinski definition) is 8. The van der Waals surface area contributed by atoms with E-state index < -0.39 is 36.5 Å². The normalized spacial score (nSPS) is 19.6. The average molecular weight is 801 g/mol. The maximum absolute atomic E-state index is 15.6. The number of anilines is 1. The number of aromatic nitrogens is 1. The molecular formula is C40H38Cl2F3N3O7. The number of amides is 1. The number of carbonyl (C=O) groups excluding carboxylic acids is 2. The molecule has 1 amide bonds. The molecule has 55 heavy (non-hydrogen) atoms. The van der Waals surface area contributed by atoms with Crippen LogP contribution in [-0.2, 0) is 17.7 Å². The first-order valence-electron chi connectivity index (χ1n) is 18.0. The molecule has 290 valence electrons. The molecule has 0 spiro atoms. The Balaban J connectivity index is 1.36. The fourth-order valence-corrected chi connectivity index (χ4v) is 8.14. The van der Waals surface area contributed by atoms with Crippen molar-refractivity contribution >= 4 is 41.0 Å². The lowest BCUT2D eigenvalue weighted by atomic mass is 9.80. The van der Waals surface area contributed by atoms with Gasteiger partial charge in [-0.25, -0.2) is 9.18 Å². The molecule has 3 aromatic carbocycles. The molecule has 3 aliphatic heterocycles. The Kier molecular flexibility index (Phi) is 11.6. The fourth-order valence-electron chi connectivity index (χ4n) is 7.53. The second-order valence-corrected chi connectivity index (χ2v) is 15.0. The number of carboxylic acid groups (broad SMARTS) is 1. The molecular weight excluding hydrogens is 762 g/mol. The molecule has 4 heterocycles. The number of pyridine rings is 1. The van der Waals surface area contributed by atoms with Crippen LogP contribution in [-0.4, -0.2) is 61.1 Å². The number of rotatable bonds is 14. The third kappa shape index (κ3) is 8.90. The maximum atomic E-state index is 15.6. The Bertz CT molecular complexity index is 2040. The van der Waals surface area contributed by atoms with Crippen LogP contribution in [0.1, 0.15) is 64.2 Å². The van der Waals surface area contributed by atoms with Crippen molar-refractivity contribution in [2.75, 3.05) is 31.1 Å². The summed E-state index contributed by atoms with van der Waals surface area (Å²) in [6.45, 7) is -0.857. The summed E-state index contributed by atoms with van der Waals surface area (Å²) in [4.78, 5) is 30.5. The first kappa shape index (κ1) is 38.6. The van der Waals surface area contributed by atoms with Gasteiger partial charge in [0, 0.05) is 28.3 Å². The van der Waals surface area contributed by atoms with Crippen molar-refractivity contribution in [1.82, 2.24) is 4.90 Å². The van der Waals surface area contributed by atoms with Crippen LogP contribution in [0.3, 0.4) is 0 Å². The van der Waals surface area contributed by atoms with E-state index in [1.54, 1.807) is 12.1 Å². The topological polar surface area (TPSA) is 115 Å². The zero-order valence-corrected chi connectivity index (χ0v) is 31.0. The van der Waals surface area contributed by atoms with Gasteiger partial charge in [0.25, 0.3) is 0 Å². The Hall–Kier alpha value is -4.72. The molecule has 3 saturated heterocycles. The molecule has 4 aliphatic rings. The minimum absolute atomic E-state index is 0.00900. The lowest BCUT2D eigenvalue weighted by Gasteiger charge is -2.44. The number of alkyl halides is 2. The van der Waals surface area contributed by atoms with Crippen molar-refractivity contribution in [3.8, 4) is 11.5 Å². The minimum Gasteiger partial charge on any atom is -0.545 e. The van der Waals surface area contributed by atoms with Gasteiger partial charge in [-0.15, -0.1) is 0 Å². The van der Waals surface area contributed by atoms with E-state index in [1.165, 1.54) is 60.9 Å². The minimum atomic E-state index is -3.15. The molecule has 4 fully saturated rings. The van der Waals surface area contributed by atoms with E-state index in [2.05, 4.69) is 4.90 Å². The predicted molar refractivity (Wildman–Crippen MR) is 193 cm³/mol. The van der Waals surface area contributed by atoms with E-state index in [0.29, 0.717) is 22.4 Å². The van der Waals surface area contributed by atoms with Crippen molar-refractivity contribution in [1.29, 1.82) is 0 Å². The SMILES string of the molecule is O=C([O-])c1cccc(CN(C(=O)O[C@H]2CN3CCC2CC3)c2ccccc2F)c1[C@@H](Cc1c(Cl)c[n+](O)cc1Cl)c1ccc(OC(F)F)c(OCC2CC2)c1. The number of carbonyl (C=O) groups is 2. The van der Waals surface area contributed by atoms with E-state index in [0.717, 1.165) is 43.7 Å². The molecule has 2 bridgehead atoms. The standard InChI is InChI=1S/C40H38Cl2F3N3O7/c41-30-19-47(52)20-31(42)29(30)17-28(25-10-11-34(54-39(44)45)35(16-25)53-22-23-8-9-23)37-26(4-3-5-27(37)38(49)50)18-48(33-7-2-1-6-32(33)43)40(51)55-36-21-46-14-12-24(36)13-15-46/h1-7,10-11,16,19-20,23-24,28,36,39H,8-9,12-15,17-18,21-22H2,(H-,49,50,52)/t28-,36-/m0/s1. The molecule has 10 nitrogen and oxygen atoms in total. The lowest BCUT2D eigenvalue weighted by molar-refractivity contribution is -0.904. The van der Waals surface area contributed by atoms with Crippen LogP contribution in [0.2, 0.25) is 10.0 Å². The number of halogens is 5.